The molecule has 0 radical (unpaired) electrons. The lowest BCUT2D eigenvalue weighted by Gasteiger charge is -2.29. The van der Waals surface area contributed by atoms with E-state index in [4.69, 9.17) is 15.3 Å². The largest absolute Gasteiger partial charge is 0.481 e. The molecule has 1 aliphatic heterocycles. The zero-order valence-corrected chi connectivity index (χ0v) is 17.8. The summed E-state index contributed by atoms with van der Waals surface area (Å²) in [5.41, 5.74) is -0.949. The van der Waals surface area contributed by atoms with Gasteiger partial charge in [-0.3, -0.25) is 9.59 Å². The third-order valence-corrected chi connectivity index (χ3v) is 7.08. The molecule has 0 saturated carbocycles. The van der Waals surface area contributed by atoms with Gasteiger partial charge in [0.15, 0.2) is 0 Å². The van der Waals surface area contributed by atoms with Crippen LogP contribution >= 0.6 is 0 Å². The average Bonchev–Trinajstić information content (AvgIpc) is 2.75. The van der Waals surface area contributed by atoms with Crippen LogP contribution in [0.3, 0.4) is 0 Å². The topological polar surface area (TPSA) is 149 Å². The first kappa shape index (κ1) is 24.3. The highest BCUT2D eigenvalue weighted by molar-refractivity contribution is 7.89. The number of sulfonamides is 1. The van der Waals surface area contributed by atoms with Crippen LogP contribution in [-0.4, -0.2) is 59.0 Å². The van der Waals surface area contributed by atoms with Gasteiger partial charge in [-0.05, 0) is 38.3 Å². The fourth-order valence-corrected chi connectivity index (χ4v) is 4.83. The van der Waals surface area contributed by atoms with Gasteiger partial charge in [0.2, 0.25) is 10.0 Å². The first-order chi connectivity index (χ1) is 14.5. The van der Waals surface area contributed by atoms with Crippen molar-refractivity contribution in [1.82, 2.24) is 4.31 Å². The number of piperidine rings is 1. The summed E-state index contributed by atoms with van der Waals surface area (Å²) in [6.07, 6.45) is 5.56. The molecule has 3 rings (SSSR count). The summed E-state index contributed by atoms with van der Waals surface area (Å²) in [4.78, 5) is 32.5. The van der Waals surface area contributed by atoms with Crippen molar-refractivity contribution < 1.29 is 38.1 Å². The SMILES string of the molecule is CC1(C(=O)O)C=CC=C(C(=O)O)C1.O=C(O)C1CCCN(S(=O)(=O)c2ccccc2)C1. The van der Waals surface area contributed by atoms with Crippen molar-refractivity contribution in [3.63, 3.8) is 0 Å². The first-order valence-electron chi connectivity index (χ1n) is 9.60. The molecule has 168 valence electrons. The van der Waals surface area contributed by atoms with Crippen molar-refractivity contribution in [2.45, 2.75) is 31.1 Å². The fourth-order valence-electron chi connectivity index (χ4n) is 3.29. The Labute approximate surface area is 180 Å². The van der Waals surface area contributed by atoms with Crippen molar-refractivity contribution in [3.8, 4) is 0 Å². The van der Waals surface area contributed by atoms with Crippen molar-refractivity contribution in [2.75, 3.05) is 13.1 Å². The molecule has 1 heterocycles. The molecule has 31 heavy (non-hydrogen) atoms. The Balaban J connectivity index is 0.000000233. The first-order valence-corrected chi connectivity index (χ1v) is 11.0. The van der Waals surface area contributed by atoms with Crippen molar-refractivity contribution >= 4 is 27.9 Å². The Bertz CT molecular complexity index is 999. The van der Waals surface area contributed by atoms with Gasteiger partial charge in [0.1, 0.15) is 0 Å². The molecule has 1 aromatic carbocycles. The van der Waals surface area contributed by atoms with Gasteiger partial charge in [-0.25, -0.2) is 13.2 Å². The molecule has 9 nitrogen and oxygen atoms in total. The van der Waals surface area contributed by atoms with Crippen LogP contribution in [0.25, 0.3) is 0 Å². The monoisotopic (exact) mass is 451 g/mol. The molecule has 2 atom stereocenters. The predicted octanol–water partition coefficient (Wildman–Crippen LogP) is 2.22. The summed E-state index contributed by atoms with van der Waals surface area (Å²) < 4.78 is 25.8. The van der Waals surface area contributed by atoms with Gasteiger partial charge in [0.05, 0.1) is 16.2 Å². The predicted molar refractivity (Wildman–Crippen MR) is 111 cm³/mol. The van der Waals surface area contributed by atoms with Crippen molar-refractivity contribution in [2.24, 2.45) is 11.3 Å². The lowest BCUT2D eigenvalue weighted by atomic mass is 9.80. The maximum Gasteiger partial charge on any atom is 0.331 e. The average molecular weight is 451 g/mol. The minimum atomic E-state index is -3.56. The number of allylic oxidation sites excluding steroid dienone is 2. The Hall–Kier alpha value is -2.98. The normalized spacial score (nSPS) is 23.8. The second-order valence-electron chi connectivity index (χ2n) is 7.61. The van der Waals surface area contributed by atoms with Crippen LogP contribution in [0, 0.1) is 11.3 Å². The van der Waals surface area contributed by atoms with E-state index in [1.165, 1.54) is 41.6 Å². The maximum atomic E-state index is 12.3. The van der Waals surface area contributed by atoms with E-state index in [1.807, 2.05) is 0 Å². The van der Waals surface area contributed by atoms with E-state index in [0.29, 0.717) is 19.4 Å². The number of aliphatic carboxylic acids is 3. The quantitative estimate of drug-likeness (QED) is 0.617. The van der Waals surface area contributed by atoms with Gasteiger partial charge in [-0.15, -0.1) is 0 Å². The van der Waals surface area contributed by atoms with Crippen LogP contribution in [0.4, 0.5) is 0 Å². The minimum absolute atomic E-state index is 0.0359. The summed E-state index contributed by atoms with van der Waals surface area (Å²) in [5, 5.41) is 26.5. The number of carboxylic acids is 3. The molecule has 0 spiro atoms. The van der Waals surface area contributed by atoms with E-state index < -0.39 is 39.3 Å². The summed E-state index contributed by atoms with van der Waals surface area (Å²) in [5.74, 6) is -3.59. The minimum Gasteiger partial charge on any atom is -0.481 e. The number of benzene rings is 1. The van der Waals surface area contributed by atoms with E-state index in [1.54, 1.807) is 18.2 Å². The molecule has 2 unspecified atom stereocenters. The third kappa shape index (κ3) is 6.02. The highest BCUT2D eigenvalue weighted by atomic mass is 32.2. The number of hydrogen-bond acceptors (Lipinski definition) is 5. The van der Waals surface area contributed by atoms with Crippen molar-refractivity contribution in [1.29, 1.82) is 0 Å². The summed E-state index contributed by atoms with van der Waals surface area (Å²) in [6.45, 7) is 1.95. The van der Waals surface area contributed by atoms with Gasteiger partial charge < -0.3 is 15.3 Å². The molecule has 0 aromatic heterocycles. The van der Waals surface area contributed by atoms with E-state index in [-0.39, 0.29) is 23.4 Å². The zero-order chi connectivity index (χ0) is 23.2. The lowest BCUT2D eigenvalue weighted by molar-refractivity contribution is -0.145. The smallest absolute Gasteiger partial charge is 0.331 e. The molecule has 0 amide bonds. The van der Waals surface area contributed by atoms with Crippen LogP contribution in [0.2, 0.25) is 0 Å². The molecule has 1 aromatic rings. The van der Waals surface area contributed by atoms with E-state index in [2.05, 4.69) is 0 Å². The molecular weight excluding hydrogens is 426 g/mol. The van der Waals surface area contributed by atoms with Gasteiger partial charge in [0.25, 0.3) is 0 Å². The summed E-state index contributed by atoms with van der Waals surface area (Å²) in [6, 6.07) is 8.12. The molecular formula is C21H25NO8S. The van der Waals surface area contributed by atoms with Gasteiger partial charge in [-0.1, -0.05) is 36.4 Å². The molecule has 10 heteroatoms. The van der Waals surface area contributed by atoms with Gasteiger partial charge in [0, 0.05) is 18.7 Å². The lowest BCUT2D eigenvalue weighted by Crippen LogP contribution is -2.42. The zero-order valence-electron chi connectivity index (χ0n) is 17.0. The molecule has 3 N–H and O–H groups in total. The highest BCUT2D eigenvalue weighted by Crippen LogP contribution is 2.31. The Morgan fingerprint density at radius 2 is 1.74 bits per heavy atom. The molecule has 0 bridgehead atoms. The van der Waals surface area contributed by atoms with Crippen LogP contribution < -0.4 is 0 Å². The number of nitrogens with zero attached hydrogens (tertiary/aromatic N) is 1. The maximum absolute atomic E-state index is 12.3. The highest BCUT2D eigenvalue weighted by Gasteiger charge is 2.34. The van der Waals surface area contributed by atoms with Crippen LogP contribution in [0.15, 0.2) is 59.0 Å². The number of rotatable bonds is 5. The van der Waals surface area contributed by atoms with E-state index in [0.717, 1.165) is 0 Å². The molecule has 1 aliphatic carbocycles. The van der Waals surface area contributed by atoms with Gasteiger partial charge in [-0.2, -0.15) is 4.31 Å². The van der Waals surface area contributed by atoms with Crippen LogP contribution in [-0.2, 0) is 24.4 Å². The Morgan fingerprint density at radius 3 is 2.29 bits per heavy atom. The molecule has 1 fully saturated rings. The Kier molecular flexibility index (Phi) is 7.75. The summed E-state index contributed by atoms with van der Waals surface area (Å²) in [7, 11) is -3.56. The van der Waals surface area contributed by atoms with Crippen LogP contribution in [0.5, 0.6) is 0 Å². The second-order valence-corrected chi connectivity index (χ2v) is 9.55. The number of carboxylic acid groups (broad SMARTS) is 3. The standard InChI is InChI=1S/C12H15NO4S.C9H10O4/c14-12(15)10-5-4-8-13(9-10)18(16,17)11-6-2-1-3-7-11;1-9(8(12)13)4-2-3-6(5-9)7(10)11/h1-3,6-7,10H,4-5,8-9H2,(H,14,15);2-4H,5H2,1H3,(H,10,11)(H,12,13). The molecule has 1 saturated heterocycles. The number of hydrogen-bond donors (Lipinski definition) is 3. The van der Waals surface area contributed by atoms with Gasteiger partial charge >= 0.3 is 17.9 Å². The second kappa shape index (κ2) is 9.88. The fraction of sp³-hybridized carbons (Fsp3) is 0.381. The Morgan fingerprint density at radius 1 is 1.10 bits per heavy atom. The van der Waals surface area contributed by atoms with Crippen molar-refractivity contribution in [3.05, 3.63) is 54.1 Å². The van der Waals surface area contributed by atoms with Crippen LogP contribution in [0.1, 0.15) is 26.2 Å². The third-order valence-electron chi connectivity index (χ3n) is 5.20. The molecule has 2 aliphatic rings. The summed E-state index contributed by atoms with van der Waals surface area (Å²) >= 11 is 0. The van der Waals surface area contributed by atoms with E-state index >= 15 is 0 Å². The number of carbonyl (C=O) groups is 3. The van der Waals surface area contributed by atoms with E-state index in [9.17, 15) is 22.8 Å².